The maximum atomic E-state index is 6.00. The van der Waals surface area contributed by atoms with E-state index in [1.54, 1.807) is 0 Å². The molecule has 0 aromatic rings. The molecule has 1 aliphatic carbocycles. The summed E-state index contributed by atoms with van der Waals surface area (Å²) in [6, 6.07) is 1.40. The third-order valence-corrected chi connectivity index (χ3v) is 5.23. The monoisotopic (exact) mass is 252 g/mol. The molecule has 3 nitrogen and oxygen atoms in total. The van der Waals surface area contributed by atoms with Gasteiger partial charge in [0.05, 0.1) is 6.10 Å². The molecule has 18 heavy (non-hydrogen) atoms. The summed E-state index contributed by atoms with van der Waals surface area (Å²) in [4.78, 5) is 2.73. The fourth-order valence-corrected chi connectivity index (χ4v) is 3.63. The molecule has 2 saturated heterocycles. The van der Waals surface area contributed by atoms with E-state index in [1.807, 2.05) is 0 Å². The topological polar surface area (TPSA) is 24.5 Å². The first kappa shape index (κ1) is 12.9. The first-order valence-electron chi connectivity index (χ1n) is 7.88. The molecule has 0 bridgehead atoms. The molecule has 2 heterocycles. The third-order valence-electron chi connectivity index (χ3n) is 5.23. The summed E-state index contributed by atoms with van der Waals surface area (Å²) in [5, 5.41) is 3.70. The highest BCUT2D eigenvalue weighted by Gasteiger charge is 2.43. The van der Waals surface area contributed by atoms with Crippen LogP contribution in [-0.2, 0) is 4.74 Å². The van der Waals surface area contributed by atoms with Crippen LogP contribution in [-0.4, -0.2) is 49.3 Å². The van der Waals surface area contributed by atoms with Gasteiger partial charge in [0.25, 0.3) is 0 Å². The second-order valence-corrected chi connectivity index (χ2v) is 6.47. The van der Waals surface area contributed by atoms with Gasteiger partial charge in [-0.05, 0) is 31.1 Å². The molecule has 0 radical (unpaired) electrons. The third kappa shape index (κ3) is 2.59. The van der Waals surface area contributed by atoms with Crippen LogP contribution < -0.4 is 5.32 Å². The van der Waals surface area contributed by atoms with Gasteiger partial charge in [0.2, 0.25) is 0 Å². The minimum absolute atomic E-state index is 0.556. The van der Waals surface area contributed by atoms with Crippen LogP contribution in [0.3, 0.4) is 0 Å². The Morgan fingerprint density at radius 3 is 2.89 bits per heavy atom. The largest absolute Gasteiger partial charge is 0.376 e. The minimum atomic E-state index is 0.556. The lowest BCUT2D eigenvalue weighted by atomic mass is 9.95. The SMILES string of the molecule is CCC(C)C1CN(C2CCOC2C2CC2)CCN1. The Balaban J connectivity index is 1.60. The zero-order chi connectivity index (χ0) is 12.5. The van der Waals surface area contributed by atoms with E-state index in [-0.39, 0.29) is 0 Å². The Hall–Kier alpha value is -0.120. The molecular weight excluding hydrogens is 224 g/mol. The van der Waals surface area contributed by atoms with Gasteiger partial charge in [-0.3, -0.25) is 4.90 Å². The Bertz CT molecular complexity index is 280. The van der Waals surface area contributed by atoms with Gasteiger partial charge in [-0.25, -0.2) is 0 Å². The smallest absolute Gasteiger partial charge is 0.0759 e. The molecule has 0 aromatic carbocycles. The zero-order valence-corrected chi connectivity index (χ0v) is 11.9. The molecule has 104 valence electrons. The van der Waals surface area contributed by atoms with E-state index in [1.165, 1.54) is 38.8 Å². The predicted molar refractivity (Wildman–Crippen MR) is 73.7 cm³/mol. The lowest BCUT2D eigenvalue weighted by Crippen LogP contribution is -2.57. The summed E-state index contributed by atoms with van der Waals surface area (Å²) in [5.41, 5.74) is 0. The maximum Gasteiger partial charge on any atom is 0.0759 e. The standard InChI is InChI=1S/C15H28N2O/c1-3-11(2)13-10-17(8-7-16-13)14-6-9-18-15(14)12-4-5-12/h11-16H,3-10H2,1-2H3. The molecule has 3 aliphatic rings. The second-order valence-electron chi connectivity index (χ2n) is 6.47. The molecule has 1 N–H and O–H groups in total. The number of piperazine rings is 1. The number of ether oxygens (including phenoxy) is 1. The van der Waals surface area contributed by atoms with Gasteiger partial charge in [0.1, 0.15) is 0 Å². The number of hydrogen-bond acceptors (Lipinski definition) is 3. The number of nitrogens with one attached hydrogen (secondary N) is 1. The Morgan fingerprint density at radius 2 is 2.17 bits per heavy atom. The maximum absolute atomic E-state index is 6.00. The highest BCUT2D eigenvalue weighted by molar-refractivity contribution is 4.97. The van der Waals surface area contributed by atoms with E-state index in [2.05, 4.69) is 24.1 Å². The average Bonchev–Trinajstić information content (AvgIpc) is 3.15. The van der Waals surface area contributed by atoms with Gasteiger partial charge in [0, 0.05) is 38.3 Å². The van der Waals surface area contributed by atoms with Gasteiger partial charge in [0.15, 0.2) is 0 Å². The van der Waals surface area contributed by atoms with Crippen molar-refractivity contribution < 1.29 is 4.74 Å². The van der Waals surface area contributed by atoms with Gasteiger partial charge >= 0.3 is 0 Å². The molecule has 0 aromatic heterocycles. The van der Waals surface area contributed by atoms with E-state index in [9.17, 15) is 0 Å². The quantitative estimate of drug-likeness (QED) is 0.827. The molecule has 3 heteroatoms. The summed E-state index contributed by atoms with van der Waals surface area (Å²) < 4.78 is 6.00. The summed E-state index contributed by atoms with van der Waals surface area (Å²) in [6.07, 6.45) is 5.90. The molecule has 1 saturated carbocycles. The number of rotatable bonds is 4. The minimum Gasteiger partial charge on any atom is -0.376 e. The van der Waals surface area contributed by atoms with Crippen molar-refractivity contribution in [3.63, 3.8) is 0 Å². The molecule has 0 spiro atoms. The summed E-state index contributed by atoms with van der Waals surface area (Å²) in [7, 11) is 0. The number of hydrogen-bond donors (Lipinski definition) is 1. The van der Waals surface area contributed by atoms with Crippen LogP contribution in [0.4, 0.5) is 0 Å². The molecule has 0 amide bonds. The number of nitrogens with zero attached hydrogens (tertiary/aromatic N) is 1. The molecule has 2 aliphatic heterocycles. The lowest BCUT2D eigenvalue weighted by Gasteiger charge is -2.41. The van der Waals surface area contributed by atoms with Crippen molar-refractivity contribution in [2.75, 3.05) is 26.2 Å². The van der Waals surface area contributed by atoms with Crippen LogP contribution in [0.15, 0.2) is 0 Å². The van der Waals surface area contributed by atoms with Crippen molar-refractivity contribution in [3.05, 3.63) is 0 Å². The molecule has 3 rings (SSSR count). The van der Waals surface area contributed by atoms with Crippen molar-refractivity contribution in [2.45, 2.75) is 57.7 Å². The van der Waals surface area contributed by atoms with Crippen molar-refractivity contribution >= 4 is 0 Å². The van der Waals surface area contributed by atoms with Crippen molar-refractivity contribution in [1.82, 2.24) is 10.2 Å². The van der Waals surface area contributed by atoms with E-state index in [4.69, 9.17) is 4.74 Å². The van der Waals surface area contributed by atoms with Crippen LogP contribution in [0.25, 0.3) is 0 Å². The summed E-state index contributed by atoms with van der Waals surface area (Å²) in [5.74, 6) is 1.67. The van der Waals surface area contributed by atoms with Crippen LogP contribution >= 0.6 is 0 Å². The summed E-state index contributed by atoms with van der Waals surface area (Å²) >= 11 is 0. The zero-order valence-electron chi connectivity index (χ0n) is 11.9. The van der Waals surface area contributed by atoms with E-state index >= 15 is 0 Å². The normalized spacial score (nSPS) is 40.0. The fraction of sp³-hybridized carbons (Fsp3) is 1.00. The molecule has 3 fully saturated rings. The van der Waals surface area contributed by atoms with Gasteiger partial charge in [-0.2, -0.15) is 0 Å². The second kappa shape index (κ2) is 5.48. The Morgan fingerprint density at radius 1 is 1.33 bits per heavy atom. The summed E-state index contributed by atoms with van der Waals surface area (Å²) in [6.45, 7) is 9.27. The molecular formula is C15H28N2O. The van der Waals surface area contributed by atoms with Gasteiger partial charge in [-0.1, -0.05) is 20.3 Å². The van der Waals surface area contributed by atoms with E-state index in [0.29, 0.717) is 18.2 Å². The first-order valence-corrected chi connectivity index (χ1v) is 7.88. The van der Waals surface area contributed by atoms with Crippen LogP contribution in [0.5, 0.6) is 0 Å². The van der Waals surface area contributed by atoms with Crippen LogP contribution in [0.1, 0.15) is 39.5 Å². The fourth-order valence-electron chi connectivity index (χ4n) is 3.63. The van der Waals surface area contributed by atoms with Crippen LogP contribution in [0, 0.1) is 11.8 Å². The average molecular weight is 252 g/mol. The van der Waals surface area contributed by atoms with Gasteiger partial charge < -0.3 is 10.1 Å². The lowest BCUT2D eigenvalue weighted by molar-refractivity contribution is 0.0312. The van der Waals surface area contributed by atoms with E-state index in [0.717, 1.165) is 25.0 Å². The van der Waals surface area contributed by atoms with Gasteiger partial charge in [-0.15, -0.1) is 0 Å². The Labute approximate surface area is 111 Å². The van der Waals surface area contributed by atoms with Crippen molar-refractivity contribution in [1.29, 1.82) is 0 Å². The highest BCUT2D eigenvalue weighted by atomic mass is 16.5. The predicted octanol–water partition coefficient (Wildman–Crippen LogP) is 1.87. The van der Waals surface area contributed by atoms with Crippen LogP contribution in [0.2, 0.25) is 0 Å². The first-order chi connectivity index (χ1) is 8.79. The molecule has 4 unspecified atom stereocenters. The highest BCUT2D eigenvalue weighted by Crippen LogP contribution is 2.40. The van der Waals surface area contributed by atoms with E-state index < -0.39 is 0 Å². The van der Waals surface area contributed by atoms with Crippen molar-refractivity contribution in [3.8, 4) is 0 Å². The Kier molecular flexibility index (Phi) is 3.92. The van der Waals surface area contributed by atoms with Crippen molar-refractivity contribution in [2.24, 2.45) is 11.8 Å². The molecule has 4 atom stereocenters.